The number of hydrogen-bond acceptors (Lipinski definition) is 3. The highest BCUT2D eigenvalue weighted by Crippen LogP contribution is 2.53. The molecule has 4 bridgehead atoms. The summed E-state index contributed by atoms with van der Waals surface area (Å²) in [6.07, 6.45) is 7.56. The molecule has 3 nitrogen and oxygen atoms in total. The Labute approximate surface area is 152 Å². The number of rotatable bonds is 7. The first kappa shape index (κ1) is 17.2. The van der Waals surface area contributed by atoms with Crippen LogP contribution in [0.5, 0.6) is 11.5 Å². The smallest absolute Gasteiger partial charge is 0.161 e. The molecule has 5 rings (SSSR count). The molecule has 4 aliphatic rings. The van der Waals surface area contributed by atoms with E-state index in [1.807, 2.05) is 6.92 Å². The Kier molecular flexibility index (Phi) is 4.95. The van der Waals surface area contributed by atoms with Gasteiger partial charge in [0.2, 0.25) is 0 Å². The lowest BCUT2D eigenvalue weighted by atomic mass is 9.54. The van der Waals surface area contributed by atoms with Gasteiger partial charge in [0.1, 0.15) is 0 Å². The van der Waals surface area contributed by atoms with Gasteiger partial charge >= 0.3 is 0 Å². The maximum absolute atomic E-state index is 5.88. The van der Waals surface area contributed by atoms with Gasteiger partial charge in [0.05, 0.1) is 12.7 Å². The molecule has 4 aliphatic carbocycles. The van der Waals surface area contributed by atoms with Crippen LogP contribution in [0.25, 0.3) is 0 Å². The predicted molar refractivity (Wildman–Crippen MR) is 101 cm³/mol. The second-order valence-corrected chi connectivity index (χ2v) is 8.72. The average molecular weight is 344 g/mol. The van der Waals surface area contributed by atoms with Gasteiger partial charge in [0.15, 0.2) is 11.5 Å². The third-order valence-electron chi connectivity index (χ3n) is 6.44. The molecule has 25 heavy (non-hydrogen) atoms. The molecule has 0 aromatic heterocycles. The van der Waals surface area contributed by atoms with Crippen molar-refractivity contribution in [1.29, 1.82) is 0 Å². The van der Waals surface area contributed by atoms with Crippen LogP contribution in [0.15, 0.2) is 18.2 Å². The van der Waals surface area contributed by atoms with Crippen molar-refractivity contribution in [3.8, 4) is 11.5 Å². The molecule has 0 heterocycles. The van der Waals surface area contributed by atoms with E-state index in [4.69, 9.17) is 9.47 Å². The van der Waals surface area contributed by atoms with Crippen molar-refractivity contribution in [1.82, 2.24) is 5.32 Å². The zero-order chi connectivity index (χ0) is 17.4. The first-order chi connectivity index (χ1) is 12.1. The zero-order valence-electron chi connectivity index (χ0n) is 16.0. The summed E-state index contributed by atoms with van der Waals surface area (Å²) in [7, 11) is 0. The van der Waals surface area contributed by atoms with E-state index in [1.165, 1.54) is 37.7 Å². The summed E-state index contributed by atoms with van der Waals surface area (Å²) >= 11 is 0. The van der Waals surface area contributed by atoms with E-state index in [2.05, 4.69) is 37.4 Å². The van der Waals surface area contributed by atoms with Crippen LogP contribution >= 0.6 is 0 Å². The first-order valence-electron chi connectivity index (χ1n) is 10.3. The quantitative estimate of drug-likeness (QED) is 0.772. The fourth-order valence-corrected chi connectivity index (χ4v) is 5.78. The molecule has 1 aromatic rings. The molecule has 0 radical (unpaired) electrons. The van der Waals surface area contributed by atoms with Crippen molar-refractivity contribution >= 4 is 0 Å². The fourth-order valence-electron chi connectivity index (χ4n) is 5.78. The maximum Gasteiger partial charge on any atom is 0.161 e. The van der Waals surface area contributed by atoms with Gasteiger partial charge in [-0.3, -0.25) is 0 Å². The standard InChI is InChI=1S/C22H33NO2/c1-4-24-21-12-15(5-6-20(21)25-14(2)3)13-23-22-18-8-16-7-17(10-18)11-19(22)9-16/h5-6,12,14,16-19,22-23H,4,7-11,13H2,1-3H3. The van der Waals surface area contributed by atoms with Crippen molar-refractivity contribution in [2.75, 3.05) is 6.61 Å². The van der Waals surface area contributed by atoms with E-state index < -0.39 is 0 Å². The van der Waals surface area contributed by atoms with Crippen molar-refractivity contribution < 1.29 is 9.47 Å². The SMILES string of the molecule is CCOc1cc(CNC2C3CC4CC(C3)CC2C4)ccc1OC(C)C. The van der Waals surface area contributed by atoms with Crippen molar-refractivity contribution in [2.24, 2.45) is 23.7 Å². The largest absolute Gasteiger partial charge is 0.490 e. The van der Waals surface area contributed by atoms with Crippen molar-refractivity contribution in [3.63, 3.8) is 0 Å². The highest BCUT2D eigenvalue weighted by molar-refractivity contribution is 5.43. The molecule has 1 aromatic carbocycles. The van der Waals surface area contributed by atoms with Crippen LogP contribution < -0.4 is 14.8 Å². The lowest BCUT2D eigenvalue weighted by Crippen LogP contribution is -2.54. The highest BCUT2D eigenvalue weighted by atomic mass is 16.5. The van der Waals surface area contributed by atoms with Crippen LogP contribution in [-0.4, -0.2) is 18.8 Å². The molecule has 0 unspecified atom stereocenters. The topological polar surface area (TPSA) is 30.5 Å². The molecular formula is C22H33NO2. The minimum Gasteiger partial charge on any atom is -0.490 e. The van der Waals surface area contributed by atoms with Gasteiger partial charge in [-0.15, -0.1) is 0 Å². The number of benzene rings is 1. The summed E-state index contributed by atoms with van der Waals surface area (Å²) in [5.74, 6) is 5.66. The van der Waals surface area contributed by atoms with E-state index in [-0.39, 0.29) is 6.10 Å². The molecule has 1 N–H and O–H groups in total. The van der Waals surface area contributed by atoms with E-state index in [0.29, 0.717) is 6.61 Å². The maximum atomic E-state index is 5.88. The number of nitrogens with one attached hydrogen (secondary N) is 1. The molecule has 3 heteroatoms. The second kappa shape index (κ2) is 7.19. The Morgan fingerprint density at radius 3 is 2.28 bits per heavy atom. The van der Waals surface area contributed by atoms with Gasteiger partial charge in [-0.05, 0) is 94.2 Å². The third-order valence-corrected chi connectivity index (χ3v) is 6.44. The van der Waals surface area contributed by atoms with E-state index in [1.54, 1.807) is 0 Å². The van der Waals surface area contributed by atoms with E-state index >= 15 is 0 Å². The molecule has 4 fully saturated rings. The van der Waals surface area contributed by atoms with Gasteiger partial charge in [-0.25, -0.2) is 0 Å². The molecule has 0 saturated heterocycles. The fraction of sp³-hybridized carbons (Fsp3) is 0.727. The Bertz CT molecular complexity index is 570. The molecule has 0 aliphatic heterocycles. The number of hydrogen-bond donors (Lipinski definition) is 1. The van der Waals surface area contributed by atoms with Gasteiger partial charge in [0, 0.05) is 12.6 Å². The van der Waals surface area contributed by atoms with Crippen LogP contribution in [0.1, 0.15) is 58.4 Å². The lowest BCUT2D eigenvalue weighted by Gasteiger charge is -2.54. The Morgan fingerprint density at radius 1 is 1.00 bits per heavy atom. The van der Waals surface area contributed by atoms with Gasteiger partial charge in [0.25, 0.3) is 0 Å². The van der Waals surface area contributed by atoms with Crippen LogP contribution in [0.4, 0.5) is 0 Å². The monoisotopic (exact) mass is 343 g/mol. The summed E-state index contributed by atoms with van der Waals surface area (Å²) in [6.45, 7) is 7.74. The normalized spacial score (nSPS) is 33.0. The molecule has 0 spiro atoms. The minimum absolute atomic E-state index is 0.163. The Morgan fingerprint density at radius 2 is 1.68 bits per heavy atom. The zero-order valence-corrected chi connectivity index (χ0v) is 16.0. The average Bonchev–Trinajstić information content (AvgIpc) is 2.55. The molecule has 138 valence electrons. The summed E-state index contributed by atoms with van der Waals surface area (Å²) < 4.78 is 11.7. The van der Waals surface area contributed by atoms with Crippen molar-refractivity contribution in [2.45, 2.75) is 71.6 Å². The Balaban J connectivity index is 1.41. The van der Waals surface area contributed by atoms with Crippen LogP contribution in [0.2, 0.25) is 0 Å². The highest BCUT2D eigenvalue weighted by Gasteiger charge is 2.47. The van der Waals surface area contributed by atoms with Crippen LogP contribution in [0.3, 0.4) is 0 Å². The van der Waals surface area contributed by atoms with Crippen LogP contribution in [-0.2, 0) is 6.54 Å². The first-order valence-corrected chi connectivity index (χ1v) is 10.3. The minimum atomic E-state index is 0.163. The number of ether oxygens (including phenoxy) is 2. The van der Waals surface area contributed by atoms with Gasteiger partial charge < -0.3 is 14.8 Å². The third kappa shape index (κ3) is 3.67. The lowest BCUT2D eigenvalue weighted by molar-refractivity contribution is -0.0142. The van der Waals surface area contributed by atoms with E-state index in [0.717, 1.165) is 47.8 Å². The molecule has 0 atom stereocenters. The molecular weight excluding hydrogens is 310 g/mol. The summed E-state index contributed by atoms with van der Waals surface area (Å²) in [6, 6.07) is 7.14. The summed E-state index contributed by atoms with van der Waals surface area (Å²) in [5, 5.41) is 3.91. The summed E-state index contributed by atoms with van der Waals surface area (Å²) in [5.41, 5.74) is 1.30. The summed E-state index contributed by atoms with van der Waals surface area (Å²) in [4.78, 5) is 0. The van der Waals surface area contributed by atoms with Crippen molar-refractivity contribution in [3.05, 3.63) is 23.8 Å². The second-order valence-electron chi connectivity index (χ2n) is 8.72. The van der Waals surface area contributed by atoms with E-state index in [9.17, 15) is 0 Å². The van der Waals surface area contributed by atoms with Gasteiger partial charge in [-0.2, -0.15) is 0 Å². The molecule has 4 saturated carbocycles. The Hall–Kier alpha value is -1.22. The van der Waals surface area contributed by atoms with Gasteiger partial charge in [-0.1, -0.05) is 6.07 Å². The van der Waals surface area contributed by atoms with Crippen LogP contribution in [0, 0.1) is 23.7 Å². The predicted octanol–water partition coefficient (Wildman–Crippen LogP) is 4.79. The molecule has 0 amide bonds.